The second-order valence-corrected chi connectivity index (χ2v) is 3.58. The monoisotopic (exact) mass is 172 g/mol. The highest BCUT2D eigenvalue weighted by Crippen LogP contribution is 2.35. The van der Waals surface area contributed by atoms with Crippen molar-refractivity contribution >= 4 is 5.97 Å². The van der Waals surface area contributed by atoms with Crippen molar-refractivity contribution in [2.45, 2.75) is 44.6 Å². The summed E-state index contributed by atoms with van der Waals surface area (Å²) in [5.41, 5.74) is -1.44. The lowest BCUT2D eigenvalue weighted by Crippen LogP contribution is -2.47. The molecular formula is C9H16O3. The van der Waals surface area contributed by atoms with Gasteiger partial charge in [0.25, 0.3) is 0 Å². The minimum absolute atomic E-state index is 0.0521. The first-order valence-electron chi connectivity index (χ1n) is 4.57. The van der Waals surface area contributed by atoms with Gasteiger partial charge in [0, 0.05) is 0 Å². The van der Waals surface area contributed by atoms with Gasteiger partial charge < -0.3 is 10.2 Å². The van der Waals surface area contributed by atoms with Crippen molar-refractivity contribution in [3.05, 3.63) is 0 Å². The average Bonchev–Trinajstić information content (AvgIpc) is 2.05. The van der Waals surface area contributed by atoms with Crippen molar-refractivity contribution in [3.8, 4) is 0 Å². The molecule has 0 aromatic heterocycles. The number of carbonyl (C=O) groups is 1. The number of carboxylic acid groups (broad SMARTS) is 1. The predicted octanol–water partition coefficient (Wildman–Crippen LogP) is 1.40. The zero-order chi connectivity index (χ0) is 9.19. The molecule has 12 heavy (non-hydrogen) atoms. The lowest BCUT2D eigenvalue weighted by molar-refractivity contribution is -0.169. The van der Waals surface area contributed by atoms with Crippen molar-refractivity contribution in [1.82, 2.24) is 0 Å². The quantitative estimate of drug-likeness (QED) is 0.662. The molecule has 0 spiro atoms. The van der Waals surface area contributed by atoms with Crippen LogP contribution in [0.3, 0.4) is 0 Å². The average molecular weight is 172 g/mol. The summed E-state index contributed by atoms with van der Waals surface area (Å²) in [5.74, 6) is -1.10. The molecule has 70 valence electrons. The van der Waals surface area contributed by atoms with E-state index < -0.39 is 11.6 Å². The maximum Gasteiger partial charge on any atom is 0.335 e. The lowest BCUT2D eigenvalue weighted by atomic mass is 9.74. The van der Waals surface area contributed by atoms with Crippen molar-refractivity contribution in [1.29, 1.82) is 0 Å². The van der Waals surface area contributed by atoms with E-state index in [0.29, 0.717) is 6.42 Å². The van der Waals surface area contributed by atoms with Crippen LogP contribution in [0.2, 0.25) is 0 Å². The molecular weight excluding hydrogens is 156 g/mol. The Morgan fingerprint density at radius 3 is 2.67 bits per heavy atom. The highest BCUT2D eigenvalue weighted by atomic mass is 16.4. The molecule has 0 amide bonds. The summed E-state index contributed by atoms with van der Waals surface area (Å²) in [7, 11) is 0. The van der Waals surface area contributed by atoms with Gasteiger partial charge in [0.1, 0.15) is 0 Å². The summed E-state index contributed by atoms with van der Waals surface area (Å²) < 4.78 is 0. The molecule has 2 N–H and O–H groups in total. The van der Waals surface area contributed by atoms with Crippen LogP contribution in [0.25, 0.3) is 0 Å². The van der Waals surface area contributed by atoms with Gasteiger partial charge in [-0.05, 0) is 31.6 Å². The fourth-order valence-corrected chi connectivity index (χ4v) is 2.05. The minimum atomic E-state index is -1.44. The molecule has 1 fully saturated rings. The Balaban J connectivity index is 2.75. The molecule has 1 aliphatic rings. The highest BCUT2D eigenvalue weighted by molar-refractivity contribution is 5.77. The SMILES string of the molecule is CCC1CCCCC1(O)C(=O)O. The van der Waals surface area contributed by atoms with Crippen LogP contribution >= 0.6 is 0 Å². The van der Waals surface area contributed by atoms with E-state index in [0.717, 1.165) is 25.7 Å². The molecule has 0 radical (unpaired) electrons. The number of aliphatic carboxylic acids is 1. The fraction of sp³-hybridized carbons (Fsp3) is 0.889. The van der Waals surface area contributed by atoms with E-state index in [1.54, 1.807) is 0 Å². The summed E-state index contributed by atoms with van der Waals surface area (Å²) in [6.45, 7) is 1.93. The predicted molar refractivity (Wildman–Crippen MR) is 44.8 cm³/mol. The molecule has 1 aliphatic carbocycles. The van der Waals surface area contributed by atoms with Crippen molar-refractivity contribution in [3.63, 3.8) is 0 Å². The van der Waals surface area contributed by atoms with E-state index in [2.05, 4.69) is 0 Å². The number of carboxylic acids is 1. The summed E-state index contributed by atoms with van der Waals surface area (Å²) in [6.07, 6.45) is 3.90. The van der Waals surface area contributed by atoms with Crippen molar-refractivity contribution < 1.29 is 15.0 Å². The summed E-state index contributed by atoms with van der Waals surface area (Å²) in [6, 6.07) is 0. The molecule has 3 nitrogen and oxygen atoms in total. The van der Waals surface area contributed by atoms with Crippen molar-refractivity contribution in [2.24, 2.45) is 5.92 Å². The topological polar surface area (TPSA) is 57.5 Å². The van der Waals surface area contributed by atoms with Crippen LogP contribution in [-0.4, -0.2) is 21.8 Å². The van der Waals surface area contributed by atoms with Crippen LogP contribution in [-0.2, 0) is 4.79 Å². The maximum absolute atomic E-state index is 10.8. The zero-order valence-corrected chi connectivity index (χ0v) is 7.42. The van der Waals surface area contributed by atoms with E-state index in [1.165, 1.54) is 0 Å². The normalized spacial score (nSPS) is 36.3. The lowest BCUT2D eigenvalue weighted by Gasteiger charge is -2.35. The number of rotatable bonds is 2. The number of hydrogen-bond donors (Lipinski definition) is 2. The molecule has 1 saturated carbocycles. The van der Waals surface area contributed by atoms with Crippen LogP contribution in [0.15, 0.2) is 0 Å². The van der Waals surface area contributed by atoms with Crippen LogP contribution in [0.5, 0.6) is 0 Å². The zero-order valence-electron chi connectivity index (χ0n) is 7.42. The Hall–Kier alpha value is -0.570. The van der Waals surface area contributed by atoms with Crippen molar-refractivity contribution in [2.75, 3.05) is 0 Å². The summed E-state index contributed by atoms with van der Waals surface area (Å²) >= 11 is 0. The maximum atomic E-state index is 10.8. The van der Waals surface area contributed by atoms with E-state index in [9.17, 15) is 9.90 Å². The van der Waals surface area contributed by atoms with Gasteiger partial charge in [-0.2, -0.15) is 0 Å². The first-order valence-corrected chi connectivity index (χ1v) is 4.57. The van der Waals surface area contributed by atoms with Gasteiger partial charge in [-0.1, -0.05) is 13.3 Å². The first-order chi connectivity index (χ1) is 5.61. The van der Waals surface area contributed by atoms with Crippen LogP contribution in [0.4, 0.5) is 0 Å². The van der Waals surface area contributed by atoms with Gasteiger partial charge in [0.05, 0.1) is 0 Å². The molecule has 0 heterocycles. The summed E-state index contributed by atoms with van der Waals surface area (Å²) in [4.78, 5) is 10.8. The summed E-state index contributed by atoms with van der Waals surface area (Å²) in [5, 5.41) is 18.7. The van der Waals surface area contributed by atoms with Gasteiger partial charge in [-0.3, -0.25) is 0 Å². The molecule has 3 heteroatoms. The van der Waals surface area contributed by atoms with E-state index in [4.69, 9.17) is 5.11 Å². The first kappa shape index (κ1) is 9.52. The molecule has 0 saturated heterocycles. The molecule has 0 aliphatic heterocycles. The Morgan fingerprint density at radius 2 is 2.25 bits per heavy atom. The fourth-order valence-electron chi connectivity index (χ4n) is 2.05. The number of hydrogen-bond acceptors (Lipinski definition) is 2. The smallest absolute Gasteiger partial charge is 0.335 e. The Labute approximate surface area is 72.4 Å². The molecule has 0 aromatic carbocycles. The van der Waals surface area contributed by atoms with E-state index in [1.807, 2.05) is 6.92 Å². The second-order valence-electron chi connectivity index (χ2n) is 3.58. The van der Waals surface area contributed by atoms with E-state index in [-0.39, 0.29) is 5.92 Å². The van der Waals surface area contributed by atoms with Gasteiger partial charge in [-0.25, -0.2) is 4.79 Å². The second kappa shape index (κ2) is 3.44. The van der Waals surface area contributed by atoms with Gasteiger partial charge in [0.15, 0.2) is 5.60 Å². The molecule has 2 atom stereocenters. The Kier molecular flexibility index (Phi) is 2.73. The largest absolute Gasteiger partial charge is 0.479 e. The van der Waals surface area contributed by atoms with E-state index >= 15 is 0 Å². The Morgan fingerprint density at radius 1 is 1.58 bits per heavy atom. The molecule has 1 rings (SSSR count). The third-order valence-corrected chi connectivity index (χ3v) is 2.90. The van der Waals surface area contributed by atoms with Crippen LogP contribution in [0.1, 0.15) is 39.0 Å². The third-order valence-electron chi connectivity index (χ3n) is 2.90. The van der Waals surface area contributed by atoms with Crippen LogP contribution < -0.4 is 0 Å². The number of aliphatic hydroxyl groups is 1. The molecule has 0 aromatic rings. The minimum Gasteiger partial charge on any atom is -0.479 e. The van der Waals surface area contributed by atoms with Gasteiger partial charge in [0.2, 0.25) is 0 Å². The Bertz CT molecular complexity index is 179. The third kappa shape index (κ3) is 1.46. The highest BCUT2D eigenvalue weighted by Gasteiger charge is 2.44. The van der Waals surface area contributed by atoms with Crippen LogP contribution in [0, 0.1) is 5.92 Å². The van der Waals surface area contributed by atoms with Gasteiger partial charge in [-0.15, -0.1) is 0 Å². The molecule has 2 unspecified atom stereocenters. The molecule has 0 bridgehead atoms. The van der Waals surface area contributed by atoms with Gasteiger partial charge >= 0.3 is 5.97 Å². The standard InChI is InChI=1S/C9H16O3/c1-2-7-5-3-4-6-9(7,12)8(10)11/h7,12H,2-6H2,1H3,(H,10,11).